The van der Waals surface area contributed by atoms with Crippen LogP contribution in [0.4, 0.5) is 0 Å². The first kappa shape index (κ1) is 13.8. The largest absolute Gasteiger partial charge is 0.490 e. The molecule has 0 atom stereocenters. The molecule has 4 heteroatoms. The van der Waals surface area contributed by atoms with E-state index in [1.54, 1.807) is 4.90 Å². The van der Waals surface area contributed by atoms with Crippen LogP contribution in [0.15, 0.2) is 24.3 Å². The number of nitrogens with zero attached hydrogens (tertiary/aromatic N) is 1. The van der Waals surface area contributed by atoms with Crippen LogP contribution in [0.5, 0.6) is 11.5 Å². The number of thiocarbonyl (C=S) groups is 1. The molecule has 0 aliphatic carbocycles. The van der Waals surface area contributed by atoms with Gasteiger partial charge in [-0.15, -0.1) is 0 Å². The second-order valence-electron chi connectivity index (χ2n) is 3.91. The Bertz CT molecular complexity index is 366. The van der Waals surface area contributed by atoms with Gasteiger partial charge in [0.15, 0.2) is 11.5 Å². The van der Waals surface area contributed by atoms with E-state index in [4.69, 9.17) is 21.7 Å². The summed E-state index contributed by atoms with van der Waals surface area (Å²) >= 11 is 5.10. The molecule has 3 nitrogen and oxygen atoms in total. The second-order valence-corrected chi connectivity index (χ2v) is 4.26. The third-order valence-corrected chi connectivity index (χ3v) is 2.62. The molecule has 0 aromatic heterocycles. The van der Waals surface area contributed by atoms with Gasteiger partial charge < -0.3 is 14.4 Å². The minimum Gasteiger partial charge on any atom is -0.490 e. The Morgan fingerprint density at radius 2 is 1.88 bits per heavy atom. The Morgan fingerprint density at radius 3 is 2.47 bits per heavy atom. The SMILES string of the molecule is CCCCOc1ccccc1OC(=S)N(C)C. The van der Waals surface area contributed by atoms with Gasteiger partial charge >= 0.3 is 0 Å². The van der Waals surface area contributed by atoms with Gasteiger partial charge in [0.2, 0.25) is 0 Å². The average Bonchev–Trinajstić information content (AvgIpc) is 2.31. The third kappa shape index (κ3) is 4.61. The zero-order valence-corrected chi connectivity index (χ0v) is 11.4. The molecule has 94 valence electrons. The molecule has 0 radical (unpaired) electrons. The molecule has 0 fully saturated rings. The number of para-hydroxylation sites is 2. The van der Waals surface area contributed by atoms with Crippen LogP contribution in [0.1, 0.15) is 19.8 Å². The molecule has 1 aromatic carbocycles. The molecule has 0 bridgehead atoms. The summed E-state index contributed by atoms with van der Waals surface area (Å²) in [6.45, 7) is 2.83. The Hall–Kier alpha value is -1.29. The maximum Gasteiger partial charge on any atom is 0.264 e. The topological polar surface area (TPSA) is 21.7 Å². The summed E-state index contributed by atoms with van der Waals surface area (Å²) in [7, 11) is 3.70. The molecule has 1 rings (SSSR count). The highest BCUT2D eigenvalue weighted by Crippen LogP contribution is 2.27. The number of unbranched alkanes of at least 4 members (excludes halogenated alkanes) is 1. The van der Waals surface area contributed by atoms with Gasteiger partial charge in [-0.1, -0.05) is 25.5 Å². The van der Waals surface area contributed by atoms with Gasteiger partial charge in [-0.2, -0.15) is 0 Å². The van der Waals surface area contributed by atoms with Crippen molar-refractivity contribution in [1.82, 2.24) is 4.90 Å². The van der Waals surface area contributed by atoms with Crippen LogP contribution in [0, 0.1) is 0 Å². The zero-order chi connectivity index (χ0) is 12.7. The van der Waals surface area contributed by atoms with Gasteiger partial charge in [0.05, 0.1) is 6.61 Å². The summed E-state index contributed by atoms with van der Waals surface area (Å²) in [5.41, 5.74) is 0. The van der Waals surface area contributed by atoms with Crippen molar-refractivity contribution in [3.63, 3.8) is 0 Å². The normalized spacial score (nSPS) is 9.82. The Balaban J connectivity index is 2.67. The number of rotatable bonds is 5. The van der Waals surface area contributed by atoms with Gasteiger partial charge in [-0.05, 0) is 30.8 Å². The fourth-order valence-corrected chi connectivity index (χ4v) is 1.26. The van der Waals surface area contributed by atoms with Crippen molar-refractivity contribution in [2.45, 2.75) is 19.8 Å². The van der Waals surface area contributed by atoms with E-state index < -0.39 is 0 Å². The molecule has 0 heterocycles. The van der Waals surface area contributed by atoms with E-state index in [1.807, 2.05) is 38.4 Å². The fourth-order valence-electron chi connectivity index (χ4n) is 1.17. The van der Waals surface area contributed by atoms with E-state index in [1.165, 1.54) is 0 Å². The monoisotopic (exact) mass is 253 g/mol. The first-order chi connectivity index (χ1) is 8.15. The van der Waals surface area contributed by atoms with Gasteiger partial charge in [-0.3, -0.25) is 0 Å². The molecule has 0 amide bonds. The fraction of sp³-hybridized carbons (Fsp3) is 0.462. The van der Waals surface area contributed by atoms with Crippen molar-refractivity contribution in [3.05, 3.63) is 24.3 Å². The van der Waals surface area contributed by atoms with E-state index in [2.05, 4.69) is 6.92 Å². The summed E-state index contributed by atoms with van der Waals surface area (Å²) in [5, 5.41) is 0.427. The van der Waals surface area contributed by atoms with Crippen LogP contribution in [0.2, 0.25) is 0 Å². The molecule has 1 aromatic rings. The predicted molar refractivity (Wildman–Crippen MR) is 73.8 cm³/mol. The van der Waals surface area contributed by atoms with Crippen molar-refractivity contribution >= 4 is 17.4 Å². The summed E-state index contributed by atoms with van der Waals surface area (Å²) in [4.78, 5) is 1.75. The number of ether oxygens (including phenoxy) is 2. The van der Waals surface area contributed by atoms with E-state index in [9.17, 15) is 0 Å². The van der Waals surface area contributed by atoms with Crippen LogP contribution >= 0.6 is 12.2 Å². The molecule has 17 heavy (non-hydrogen) atoms. The Morgan fingerprint density at radius 1 is 1.24 bits per heavy atom. The number of hydrogen-bond donors (Lipinski definition) is 0. The lowest BCUT2D eigenvalue weighted by molar-refractivity contribution is 0.296. The summed E-state index contributed by atoms with van der Waals surface area (Å²) in [6.07, 6.45) is 2.14. The first-order valence-corrected chi connectivity index (χ1v) is 6.17. The first-order valence-electron chi connectivity index (χ1n) is 5.76. The molecule has 0 aliphatic heterocycles. The third-order valence-electron chi connectivity index (χ3n) is 2.17. The summed E-state index contributed by atoms with van der Waals surface area (Å²) in [5.74, 6) is 1.41. The standard InChI is InChI=1S/C13H19NO2S/c1-4-5-10-15-11-8-6-7-9-12(11)16-13(17)14(2)3/h6-9H,4-5,10H2,1-3H3. The maximum absolute atomic E-state index is 5.66. The summed E-state index contributed by atoms with van der Waals surface area (Å²) in [6, 6.07) is 7.58. The van der Waals surface area contributed by atoms with Crippen LogP contribution in [0.3, 0.4) is 0 Å². The highest BCUT2D eigenvalue weighted by atomic mass is 32.1. The van der Waals surface area contributed by atoms with Crippen LogP contribution in [0.25, 0.3) is 0 Å². The lowest BCUT2D eigenvalue weighted by atomic mass is 10.3. The van der Waals surface area contributed by atoms with Gasteiger partial charge in [0.1, 0.15) is 0 Å². The van der Waals surface area contributed by atoms with E-state index in [0.717, 1.165) is 18.6 Å². The zero-order valence-electron chi connectivity index (χ0n) is 10.6. The molecule has 0 saturated carbocycles. The molecule has 0 spiro atoms. The number of benzene rings is 1. The van der Waals surface area contributed by atoms with Crippen LogP contribution in [-0.2, 0) is 0 Å². The van der Waals surface area contributed by atoms with Gasteiger partial charge in [0.25, 0.3) is 5.17 Å². The minimum absolute atomic E-state index is 0.427. The molecular weight excluding hydrogens is 234 g/mol. The molecule has 0 N–H and O–H groups in total. The Labute approximate surface area is 108 Å². The van der Waals surface area contributed by atoms with E-state index >= 15 is 0 Å². The quantitative estimate of drug-likeness (QED) is 0.594. The van der Waals surface area contributed by atoms with Gasteiger partial charge in [0, 0.05) is 14.1 Å². The smallest absolute Gasteiger partial charge is 0.264 e. The molecule has 0 saturated heterocycles. The molecule has 0 unspecified atom stereocenters. The highest BCUT2D eigenvalue weighted by Gasteiger charge is 2.08. The molecular formula is C13H19NO2S. The van der Waals surface area contributed by atoms with Crippen LogP contribution < -0.4 is 9.47 Å². The van der Waals surface area contributed by atoms with Crippen molar-refractivity contribution in [3.8, 4) is 11.5 Å². The lowest BCUT2D eigenvalue weighted by Gasteiger charge is -2.16. The van der Waals surface area contributed by atoms with Gasteiger partial charge in [-0.25, -0.2) is 0 Å². The lowest BCUT2D eigenvalue weighted by Crippen LogP contribution is -2.25. The maximum atomic E-state index is 5.66. The Kier molecular flexibility index (Phi) is 5.77. The van der Waals surface area contributed by atoms with E-state index in [-0.39, 0.29) is 0 Å². The predicted octanol–water partition coefficient (Wildman–Crippen LogP) is 3.09. The van der Waals surface area contributed by atoms with Crippen molar-refractivity contribution in [1.29, 1.82) is 0 Å². The summed E-state index contributed by atoms with van der Waals surface area (Å²) < 4.78 is 11.2. The van der Waals surface area contributed by atoms with Crippen molar-refractivity contribution in [2.75, 3.05) is 20.7 Å². The molecule has 0 aliphatic rings. The van der Waals surface area contributed by atoms with E-state index in [0.29, 0.717) is 17.5 Å². The highest BCUT2D eigenvalue weighted by molar-refractivity contribution is 7.80. The van der Waals surface area contributed by atoms with Crippen molar-refractivity contribution < 1.29 is 9.47 Å². The van der Waals surface area contributed by atoms with Crippen LogP contribution in [-0.4, -0.2) is 30.8 Å². The average molecular weight is 253 g/mol. The minimum atomic E-state index is 0.427. The number of hydrogen-bond acceptors (Lipinski definition) is 3. The van der Waals surface area contributed by atoms with Crippen molar-refractivity contribution in [2.24, 2.45) is 0 Å². The second kappa shape index (κ2) is 7.12.